The van der Waals surface area contributed by atoms with Gasteiger partial charge in [-0.15, -0.1) is 0 Å². The van der Waals surface area contributed by atoms with Gasteiger partial charge in [-0.25, -0.2) is 4.98 Å². The lowest BCUT2D eigenvalue weighted by Crippen LogP contribution is -2.35. The van der Waals surface area contributed by atoms with Gasteiger partial charge in [-0.2, -0.15) is 0 Å². The molecule has 4 heteroatoms. The fourth-order valence-electron chi connectivity index (χ4n) is 2.38. The normalized spacial score (nSPS) is 29.9. The number of hydrogen-bond donors (Lipinski definition) is 1. The zero-order chi connectivity index (χ0) is 13.1. The summed E-state index contributed by atoms with van der Waals surface area (Å²) in [7, 11) is 0. The lowest BCUT2D eigenvalue weighted by molar-refractivity contribution is -0.0729. The van der Waals surface area contributed by atoms with Gasteiger partial charge in [0, 0.05) is 31.1 Å². The third-order valence-corrected chi connectivity index (χ3v) is 3.23. The predicted molar refractivity (Wildman–Crippen MR) is 70.5 cm³/mol. The van der Waals surface area contributed by atoms with Crippen molar-refractivity contribution in [1.29, 1.82) is 0 Å². The second-order valence-electron chi connectivity index (χ2n) is 5.18. The highest BCUT2D eigenvalue weighted by atomic mass is 16.5. The second kappa shape index (κ2) is 5.67. The van der Waals surface area contributed by atoms with Crippen molar-refractivity contribution in [3.8, 4) is 5.88 Å². The standard InChI is InChI=1S/C14H22N2O2/c1-9-6-13(7-10(2)17-9)18-14-8-12(11(3)15)4-5-16-14/h4-5,8-11,13H,6-7,15H2,1-3H3/t9?,10?,11-,13?/m0/s1. The fraction of sp³-hybridized carbons (Fsp3) is 0.643. The highest BCUT2D eigenvalue weighted by Crippen LogP contribution is 2.24. The van der Waals surface area contributed by atoms with E-state index in [1.807, 2.05) is 19.1 Å². The quantitative estimate of drug-likeness (QED) is 0.895. The number of ether oxygens (including phenoxy) is 2. The molecule has 0 aromatic carbocycles. The summed E-state index contributed by atoms with van der Waals surface area (Å²) in [6.45, 7) is 6.12. The first kappa shape index (κ1) is 13.3. The number of aromatic nitrogens is 1. The molecule has 1 saturated heterocycles. The van der Waals surface area contributed by atoms with Crippen LogP contribution in [0.25, 0.3) is 0 Å². The third kappa shape index (κ3) is 3.43. The molecule has 3 atom stereocenters. The highest BCUT2D eigenvalue weighted by Gasteiger charge is 2.26. The Morgan fingerprint density at radius 3 is 2.67 bits per heavy atom. The van der Waals surface area contributed by atoms with E-state index in [0.717, 1.165) is 18.4 Å². The topological polar surface area (TPSA) is 57.4 Å². The fourth-order valence-corrected chi connectivity index (χ4v) is 2.38. The molecule has 0 spiro atoms. The minimum absolute atomic E-state index is 0.00267. The van der Waals surface area contributed by atoms with Gasteiger partial charge in [0.2, 0.25) is 5.88 Å². The third-order valence-electron chi connectivity index (χ3n) is 3.23. The lowest BCUT2D eigenvalue weighted by atomic mass is 10.0. The zero-order valence-corrected chi connectivity index (χ0v) is 11.3. The molecule has 1 aromatic heterocycles. The first-order valence-corrected chi connectivity index (χ1v) is 6.58. The number of nitrogens with zero attached hydrogens (tertiary/aromatic N) is 1. The molecule has 2 rings (SSSR count). The maximum Gasteiger partial charge on any atom is 0.213 e. The van der Waals surface area contributed by atoms with E-state index in [9.17, 15) is 0 Å². The van der Waals surface area contributed by atoms with Gasteiger partial charge in [-0.1, -0.05) is 0 Å². The van der Waals surface area contributed by atoms with Gasteiger partial charge in [0.05, 0.1) is 12.2 Å². The van der Waals surface area contributed by atoms with E-state index in [1.54, 1.807) is 6.20 Å². The predicted octanol–water partition coefficient (Wildman–Crippen LogP) is 2.44. The minimum Gasteiger partial charge on any atom is -0.474 e. The molecule has 1 fully saturated rings. The average molecular weight is 250 g/mol. The molecule has 0 aliphatic carbocycles. The summed E-state index contributed by atoms with van der Waals surface area (Å²) in [5.74, 6) is 0.663. The van der Waals surface area contributed by atoms with Gasteiger partial charge in [0.1, 0.15) is 6.10 Å². The van der Waals surface area contributed by atoms with Crippen molar-refractivity contribution in [2.24, 2.45) is 5.73 Å². The van der Waals surface area contributed by atoms with Crippen molar-refractivity contribution in [1.82, 2.24) is 4.98 Å². The Morgan fingerprint density at radius 1 is 1.39 bits per heavy atom. The Morgan fingerprint density at radius 2 is 2.06 bits per heavy atom. The van der Waals surface area contributed by atoms with Crippen LogP contribution in [0.4, 0.5) is 0 Å². The molecule has 2 heterocycles. The summed E-state index contributed by atoms with van der Waals surface area (Å²) in [4.78, 5) is 4.25. The van der Waals surface area contributed by atoms with Gasteiger partial charge in [0.15, 0.2) is 0 Å². The molecule has 0 saturated carbocycles. The Balaban J connectivity index is 2.02. The van der Waals surface area contributed by atoms with Gasteiger partial charge in [-0.05, 0) is 32.4 Å². The summed E-state index contributed by atoms with van der Waals surface area (Å²) in [5, 5.41) is 0. The number of nitrogens with two attached hydrogens (primary N) is 1. The van der Waals surface area contributed by atoms with Crippen molar-refractivity contribution >= 4 is 0 Å². The molecule has 1 aliphatic rings. The van der Waals surface area contributed by atoms with Crippen molar-refractivity contribution in [2.75, 3.05) is 0 Å². The molecule has 2 unspecified atom stereocenters. The Labute approximate surface area is 108 Å². The lowest BCUT2D eigenvalue weighted by Gasteiger charge is -2.32. The highest BCUT2D eigenvalue weighted by molar-refractivity contribution is 5.23. The van der Waals surface area contributed by atoms with E-state index in [2.05, 4.69) is 18.8 Å². The number of rotatable bonds is 3. The maximum absolute atomic E-state index is 5.94. The van der Waals surface area contributed by atoms with E-state index in [4.69, 9.17) is 15.2 Å². The molecular weight excluding hydrogens is 228 g/mol. The Kier molecular flexibility index (Phi) is 4.19. The summed E-state index contributed by atoms with van der Waals surface area (Å²) in [6.07, 6.45) is 4.24. The maximum atomic E-state index is 5.94. The van der Waals surface area contributed by atoms with E-state index in [0.29, 0.717) is 5.88 Å². The van der Waals surface area contributed by atoms with Gasteiger partial charge in [-0.3, -0.25) is 0 Å². The molecule has 0 amide bonds. The first-order chi connectivity index (χ1) is 8.54. The number of pyridine rings is 1. The van der Waals surface area contributed by atoms with Crippen LogP contribution in [0.2, 0.25) is 0 Å². The number of hydrogen-bond acceptors (Lipinski definition) is 4. The molecule has 1 aromatic rings. The van der Waals surface area contributed by atoms with Crippen LogP contribution in [0.15, 0.2) is 18.3 Å². The van der Waals surface area contributed by atoms with E-state index in [-0.39, 0.29) is 24.4 Å². The first-order valence-electron chi connectivity index (χ1n) is 6.58. The largest absolute Gasteiger partial charge is 0.474 e. The molecule has 1 aliphatic heterocycles. The monoisotopic (exact) mass is 250 g/mol. The van der Waals surface area contributed by atoms with Gasteiger partial charge >= 0.3 is 0 Å². The van der Waals surface area contributed by atoms with Crippen LogP contribution in [0.1, 0.15) is 45.2 Å². The van der Waals surface area contributed by atoms with Crippen molar-refractivity contribution in [2.45, 2.75) is 58.0 Å². The molecular formula is C14H22N2O2. The molecule has 2 N–H and O–H groups in total. The minimum atomic E-state index is 0.00267. The summed E-state index contributed by atoms with van der Waals surface area (Å²) in [5.41, 5.74) is 6.91. The van der Waals surface area contributed by atoms with Crippen LogP contribution in [0.3, 0.4) is 0 Å². The molecule has 18 heavy (non-hydrogen) atoms. The average Bonchev–Trinajstić information content (AvgIpc) is 2.27. The van der Waals surface area contributed by atoms with Crippen molar-refractivity contribution in [3.05, 3.63) is 23.9 Å². The van der Waals surface area contributed by atoms with E-state index < -0.39 is 0 Å². The molecule has 0 radical (unpaired) electrons. The second-order valence-corrected chi connectivity index (χ2v) is 5.18. The summed E-state index contributed by atoms with van der Waals surface area (Å²) in [6, 6.07) is 3.85. The van der Waals surface area contributed by atoms with Crippen molar-refractivity contribution in [3.63, 3.8) is 0 Å². The summed E-state index contributed by atoms with van der Waals surface area (Å²) < 4.78 is 11.6. The van der Waals surface area contributed by atoms with Crippen LogP contribution < -0.4 is 10.5 Å². The Hall–Kier alpha value is -1.13. The molecule has 0 bridgehead atoms. The van der Waals surface area contributed by atoms with Crippen LogP contribution in [0, 0.1) is 0 Å². The molecule has 100 valence electrons. The smallest absolute Gasteiger partial charge is 0.213 e. The Bertz CT molecular complexity index is 385. The zero-order valence-electron chi connectivity index (χ0n) is 11.3. The van der Waals surface area contributed by atoms with E-state index >= 15 is 0 Å². The van der Waals surface area contributed by atoms with E-state index in [1.165, 1.54) is 0 Å². The van der Waals surface area contributed by atoms with Crippen LogP contribution in [0.5, 0.6) is 5.88 Å². The van der Waals surface area contributed by atoms with Gasteiger partial charge in [0.25, 0.3) is 0 Å². The molecule has 4 nitrogen and oxygen atoms in total. The van der Waals surface area contributed by atoms with Crippen LogP contribution >= 0.6 is 0 Å². The van der Waals surface area contributed by atoms with Gasteiger partial charge < -0.3 is 15.2 Å². The van der Waals surface area contributed by atoms with Crippen molar-refractivity contribution < 1.29 is 9.47 Å². The SMILES string of the molecule is CC1CC(Oc2cc([C@H](C)N)ccn2)CC(C)O1. The van der Waals surface area contributed by atoms with Crippen LogP contribution in [-0.2, 0) is 4.74 Å². The van der Waals surface area contributed by atoms with Crippen LogP contribution in [-0.4, -0.2) is 23.3 Å². The summed E-state index contributed by atoms with van der Waals surface area (Å²) >= 11 is 0.